The van der Waals surface area contributed by atoms with Crippen LogP contribution in [-0.4, -0.2) is 38.4 Å². The van der Waals surface area contributed by atoms with Gasteiger partial charge < -0.3 is 14.9 Å². The van der Waals surface area contributed by atoms with Gasteiger partial charge in [0.1, 0.15) is 0 Å². The first-order chi connectivity index (χ1) is 16.0. The first kappa shape index (κ1) is 21.6. The van der Waals surface area contributed by atoms with Crippen molar-refractivity contribution in [3.63, 3.8) is 0 Å². The van der Waals surface area contributed by atoms with Gasteiger partial charge in [0.25, 0.3) is 0 Å². The average Bonchev–Trinajstić information content (AvgIpc) is 2.86. The Bertz CT molecular complexity index is 1210. The van der Waals surface area contributed by atoms with Crippen molar-refractivity contribution in [3.8, 4) is 28.5 Å². The van der Waals surface area contributed by atoms with E-state index >= 15 is 0 Å². The van der Waals surface area contributed by atoms with E-state index in [4.69, 9.17) is 14.7 Å². The second-order valence-corrected chi connectivity index (χ2v) is 9.42. The highest BCUT2D eigenvalue weighted by Crippen LogP contribution is 2.54. The summed E-state index contributed by atoms with van der Waals surface area (Å²) in [6.07, 6.45) is 4.53. The summed E-state index contributed by atoms with van der Waals surface area (Å²) in [4.78, 5) is 14.4. The summed E-state index contributed by atoms with van der Waals surface area (Å²) < 4.78 is 5.33. The molecule has 170 valence electrons. The summed E-state index contributed by atoms with van der Waals surface area (Å²) in [5.74, 6) is 1.42. The maximum atomic E-state index is 10.8. The molecule has 2 aliphatic carbocycles. The normalized spacial score (nSPS) is 27.6. The number of benzene rings is 1. The second-order valence-electron chi connectivity index (χ2n) is 9.42. The van der Waals surface area contributed by atoms with Gasteiger partial charge in [-0.15, -0.1) is 0 Å². The fourth-order valence-corrected chi connectivity index (χ4v) is 5.88. The van der Waals surface area contributed by atoms with Gasteiger partial charge in [-0.05, 0) is 42.7 Å². The smallest absolute Gasteiger partial charge is 0.213 e. The Labute approximate surface area is 194 Å². The number of aromatic nitrogens is 3. The molecule has 0 saturated heterocycles. The van der Waals surface area contributed by atoms with Gasteiger partial charge in [0, 0.05) is 34.4 Å². The van der Waals surface area contributed by atoms with Crippen LogP contribution >= 0.6 is 0 Å². The summed E-state index contributed by atoms with van der Waals surface area (Å²) >= 11 is 0. The molecule has 3 aromatic rings. The van der Waals surface area contributed by atoms with Gasteiger partial charge in [0.05, 0.1) is 30.9 Å². The number of nitrogens with zero attached hydrogens (tertiary/aromatic N) is 3. The highest BCUT2D eigenvalue weighted by Gasteiger charge is 2.51. The Balaban J connectivity index is 1.76. The topological polar surface area (TPSA) is 88.4 Å². The lowest BCUT2D eigenvalue weighted by Crippen LogP contribution is -2.50. The number of rotatable bonds is 3. The molecule has 0 spiro atoms. The van der Waals surface area contributed by atoms with Crippen molar-refractivity contribution in [1.29, 1.82) is 0 Å². The van der Waals surface area contributed by atoms with Crippen LogP contribution in [0.2, 0.25) is 0 Å². The van der Waals surface area contributed by atoms with Crippen LogP contribution in [0.3, 0.4) is 0 Å². The molecule has 0 amide bonds. The Morgan fingerprint density at radius 3 is 2.64 bits per heavy atom. The van der Waals surface area contributed by atoms with Crippen molar-refractivity contribution in [2.75, 3.05) is 7.11 Å². The van der Waals surface area contributed by atoms with Gasteiger partial charge in [-0.25, -0.2) is 15.0 Å². The summed E-state index contributed by atoms with van der Waals surface area (Å²) in [6.45, 7) is 4.30. The zero-order valence-electron chi connectivity index (χ0n) is 19.2. The van der Waals surface area contributed by atoms with Gasteiger partial charge in [-0.3, -0.25) is 0 Å². The van der Waals surface area contributed by atoms with E-state index in [2.05, 4.69) is 31.0 Å². The molecule has 2 heterocycles. The third-order valence-electron chi connectivity index (χ3n) is 7.57. The van der Waals surface area contributed by atoms with E-state index in [1.165, 1.54) is 0 Å². The van der Waals surface area contributed by atoms with Crippen molar-refractivity contribution in [1.82, 2.24) is 15.0 Å². The van der Waals surface area contributed by atoms with E-state index in [-0.39, 0.29) is 17.3 Å². The zero-order chi connectivity index (χ0) is 23.2. The van der Waals surface area contributed by atoms with E-state index in [0.29, 0.717) is 23.7 Å². The van der Waals surface area contributed by atoms with Gasteiger partial charge in [0.15, 0.2) is 5.82 Å². The Hall–Kier alpha value is -3.25. The Morgan fingerprint density at radius 1 is 1.12 bits per heavy atom. The van der Waals surface area contributed by atoms with Crippen LogP contribution in [0.4, 0.5) is 0 Å². The highest BCUT2D eigenvalue weighted by molar-refractivity contribution is 5.69. The Morgan fingerprint density at radius 2 is 1.91 bits per heavy atom. The van der Waals surface area contributed by atoms with Crippen LogP contribution in [0, 0.1) is 11.8 Å². The third-order valence-corrected chi connectivity index (χ3v) is 7.57. The number of hydrogen-bond donors (Lipinski definition) is 2. The maximum absolute atomic E-state index is 10.8. The van der Waals surface area contributed by atoms with Crippen LogP contribution in [0.15, 0.2) is 60.5 Å². The van der Waals surface area contributed by atoms with Gasteiger partial charge in [0.2, 0.25) is 5.88 Å². The first-order valence-corrected chi connectivity index (χ1v) is 11.4. The van der Waals surface area contributed by atoms with Crippen molar-refractivity contribution < 1.29 is 14.9 Å². The summed E-state index contributed by atoms with van der Waals surface area (Å²) in [6, 6.07) is 14.0. The van der Waals surface area contributed by atoms with E-state index in [1.54, 1.807) is 13.3 Å². The first-order valence-electron chi connectivity index (χ1n) is 11.4. The number of fused-ring (bicyclic) bond motifs is 3. The number of pyridine rings is 1. The molecule has 2 N–H and O–H groups in total. The number of methoxy groups -OCH3 is 1. The lowest BCUT2D eigenvalue weighted by atomic mass is 9.54. The molecule has 1 saturated carbocycles. The molecule has 2 aliphatic rings. The lowest BCUT2D eigenvalue weighted by Gasteiger charge is -2.51. The summed E-state index contributed by atoms with van der Waals surface area (Å²) in [5, 5.41) is 20.7. The molecule has 1 unspecified atom stereocenters. The molecule has 6 heteroatoms. The number of aliphatic hydroxyl groups excluding tert-OH is 2. The molecule has 2 aromatic heterocycles. The minimum absolute atomic E-state index is 0.0231. The molecule has 0 aliphatic heterocycles. The molecule has 1 aromatic carbocycles. The van der Waals surface area contributed by atoms with Crippen LogP contribution in [0.1, 0.15) is 37.9 Å². The zero-order valence-corrected chi connectivity index (χ0v) is 19.2. The standard InChI is InChI=1S/C27H29N3O3/c1-16-21-10-9-20-23(17-7-5-4-6-8-17)29-26(18-11-12-28-22(13-18)33-3)30-25(20)27(21,2)14-19(15-31)24(16)32/h4-8,11-13,15-16,21,24,31-32H,9-10,14H2,1-3H3/b19-15-/t16-,21-,24?,27-/m1/s1. The average molecular weight is 444 g/mol. The Kier molecular flexibility index (Phi) is 5.41. The highest BCUT2D eigenvalue weighted by atomic mass is 16.5. The van der Waals surface area contributed by atoms with Crippen LogP contribution in [0.5, 0.6) is 5.88 Å². The van der Waals surface area contributed by atoms with Crippen molar-refractivity contribution >= 4 is 0 Å². The molecule has 0 bridgehead atoms. The van der Waals surface area contributed by atoms with Crippen LogP contribution in [0.25, 0.3) is 22.6 Å². The van der Waals surface area contributed by atoms with Crippen molar-refractivity contribution in [2.24, 2.45) is 11.8 Å². The van der Waals surface area contributed by atoms with Gasteiger partial charge in [-0.1, -0.05) is 44.2 Å². The molecule has 4 atom stereocenters. The van der Waals surface area contributed by atoms with Gasteiger partial charge >= 0.3 is 0 Å². The third kappa shape index (κ3) is 3.49. The predicted molar refractivity (Wildman–Crippen MR) is 127 cm³/mol. The van der Waals surface area contributed by atoms with E-state index < -0.39 is 6.10 Å². The largest absolute Gasteiger partial charge is 0.516 e. The maximum Gasteiger partial charge on any atom is 0.213 e. The van der Waals surface area contributed by atoms with E-state index in [9.17, 15) is 10.2 Å². The lowest BCUT2D eigenvalue weighted by molar-refractivity contribution is 0.0284. The molecule has 0 radical (unpaired) electrons. The van der Waals surface area contributed by atoms with E-state index in [0.717, 1.165) is 47.2 Å². The predicted octanol–water partition coefficient (Wildman–Crippen LogP) is 4.88. The minimum Gasteiger partial charge on any atom is -0.516 e. The molecule has 5 rings (SSSR count). The van der Waals surface area contributed by atoms with E-state index in [1.807, 2.05) is 30.3 Å². The quantitative estimate of drug-likeness (QED) is 0.561. The fourth-order valence-electron chi connectivity index (χ4n) is 5.88. The number of ether oxygens (including phenoxy) is 1. The molecular weight excluding hydrogens is 414 g/mol. The fraction of sp³-hybridized carbons (Fsp3) is 0.370. The van der Waals surface area contributed by atoms with Crippen molar-refractivity contribution in [3.05, 3.63) is 71.8 Å². The SMILES string of the molecule is COc1cc(-c2nc(-c3ccccc3)c3c(n2)[C@]2(C)C/C(=C/O)C(O)[C@H](C)[C@H]2CC3)ccn1. The molecular formula is C27H29N3O3. The molecule has 33 heavy (non-hydrogen) atoms. The van der Waals surface area contributed by atoms with Gasteiger partial charge in [-0.2, -0.15) is 0 Å². The van der Waals surface area contributed by atoms with Crippen molar-refractivity contribution in [2.45, 2.75) is 44.6 Å². The van der Waals surface area contributed by atoms with Crippen LogP contribution in [-0.2, 0) is 11.8 Å². The monoisotopic (exact) mass is 443 g/mol. The minimum atomic E-state index is -0.631. The summed E-state index contributed by atoms with van der Waals surface area (Å²) in [7, 11) is 1.60. The number of hydrogen-bond acceptors (Lipinski definition) is 6. The number of aliphatic hydroxyl groups is 2. The molecule has 6 nitrogen and oxygen atoms in total. The van der Waals surface area contributed by atoms with Crippen LogP contribution < -0.4 is 4.74 Å². The molecule has 1 fully saturated rings. The second kappa shape index (κ2) is 8.27. The summed E-state index contributed by atoms with van der Waals surface area (Å²) in [5.41, 5.74) is 5.36.